The summed E-state index contributed by atoms with van der Waals surface area (Å²) in [7, 11) is 0. The molecule has 0 atom stereocenters. The van der Waals surface area contributed by atoms with Crippen molar-refractivity contribution in [3.63, 3.8) is 0 Å². The quantitative estimate of drug-likeness (QED) is 0.755. The van der Waals surface area contributed by atoms with E-state index in [1.54, 1.807) is 33.9 Å². The molecule has 124 valence electrons. The van der Waals surface area contributed by atoms with Crippen LogP contribution >= 0.6 is 0 Å². The fraction of sp³-hybridized carbons (Fsp3) is 0.235. The van der Waals surface area contributed by atoms with Gasteiger partial charge in [0.25, 0.3) is 0 Å². The summed E-state index contributed by atoms with van der Waals surface area (Å²) in [6, 6.07) is 5.06. The summed E-state index contributed by atoms with van der Waals surface area (Å²) < 4.78 is 17.8. The topological polar surface area (TPSA) is 78.7 Å². The number of nitrogens with two attached hydrogens (primary N) is 1. The van der Waals surface area contributed by atoms with E-state index in [1.165, 1.54) is 6.07 Å². The van der Waals surface area contributed by atoms with Crippen LogP contribution in [0, 0.1) is 12.7 Å². The first-order valence-corrected chi connectivity index (χ1v) is 7.65. The molecule has 2 N–H and O–H groups in total. The Morgan fingerprint density at radius 2 is 2.21 bits per heavy atom. The minimum Gasteiger partial charge on any atom is -0.370 e. The highest BCUT2D eigenvalue weighted by molar-refractivity contribution is 5.73. The van der Waals surface area contributed by atoms with E-state index < -0.39 is 0 Å². The van der Waals surface area contributed by atoms with Crippen molar-refractivity contribution in [2.75, 3.05) is 0 Å². The highest BCUT2D eigenvalue weighted by atomic mass is 19.1. The molecule has 1 amide bonds. The van der Waals surface area contributed by atoms with Gasteiger partial charge in [-0.1, -0.05) is 6.07 Å². The Labute approximate surface area is 138 Å². The molecule has 0 radical (unpaired) electrons. The molecule has 0 fully saturated rings. The van der Waals surface area contributed by atoms with Crippen molar-refractivity contribution in [1.29, 1.82) is 0 Å². The van der Waals surface area contributed by atoms with Crippen LogP contribution in [0.3, 0.4) is 0 Å². The summed E-state index contributed by atoms with van der Waals surface area (Å²) in [6.45, 7) is 2.43. The second kappa shape index (κ2) is 6.66. The molecule has 0 unspecified atom stereocenters. The van der Waals surface area contributed by atoms with Crippen LogP contribution in [0.1, 0.15) is 18.4 Å². The van der Waals surface area contributed by atoms with Gasteiger partial charge >= 0.3 is 0 Å². The van der Waals surface area contributed by atoms with Gasteiger partial charge < -0.3 is 5.73 Å². The number of carbonyl (C=O) groups is 1. The Morgan fingerprint density at radius 1 is 1.38 bits per heavy atom. The number of nitrogens with zero attached hydrogens (tertiary/aromatic N) is 4. The third-order valence-electron chi connectivity index (χ3n) is 3.71. The largest absolute Gasteiger partial charge is 0.370 e. The van der Waals surface area contributed by atoms with E-state index in [0.29, 0.717) is 30.8 Å². The summed E-state index contributed by atoms with van der Waals surface area (Å²) in [5, 5.41) is 4.26. The van der Waals surface area contributed by atoms with Gasteiger partial charge in [-0.2, -0.15) is 5.10 Å². The standard InChI is InChI=1S/C17H18FN5O/c1-12-4-5-14(15(18)9-12)17-20-6-8-23(17)13-10-21-22(11-13)7-2-3-16(19)24/h4-6,8-11H,2-3,7H2,1H3,(H2,19,24). The fourth-order valence-electron chi connectivity index (χ4n) is 2.53. The Hall–Kier alpha value is -2.96. The molecule has 24 heavy (non-hydrogen) atoms. The molecule has 7 heteroatoms. The monoisotopic (exact) mass is 327 g/mol. The van der Waals surface area contributed by atoms with Crippen LogP contribution in [0.4, 0.5) is 4.39 Å². The molecular formula is C17H18FN5O. The van der Waals surface area contributed by atoms with Crippen LogP contribution < -0.4 is 5.73 Å². The first-order chi connectivity index (χ1) is 11.5. The SMILES string of the molecule is Cc1ccc(-c2nccn2-c2cnn(CCCC(N)=O)c2)c(F)c1. The van der Waals surface area contributed by atoms with E-state index in [4.69, 9.17) is 5.73 Å². The highest BCUT2D eigenvalue weighted by Gasteiger charge is 2.13. The van der Waals surface area contributed by atoms with Gasteiger partial charge in [0.2, 0.25) is 5.91 Å². The van der Waals surface area contributed by atoms with E-state index in [1.807, 2.05) is 19.2 Å². The summed E-state index contributed by atoms with van der Waals surface area (Å²) >= 11 is 0. The number of halogens is 1. The molecule has 0 aliphatic rings. The predicted octanol–water partition coefficient (Wildman–Crippen LogP) is 2.45. The summed E-state index contributed by atoms with van der Waals surface area (Å²) in [6.07, 6.45) is 7.85. The second-order valence-electron chi connectivity index (χ2n) is 5.64. The Morgan fingerprint density at radius 3 is 2.96 bits per heavy atom. The summed E-state index contributed by atoms with van der Waals surface area (Å²) in [5.74, 6) is -0.116. The van der Waals surface area contributed by atoms with Crippen molar-refractivity contribution in [1.82, 2.24) is 19.3 Å². The molecule has 3 rings (SSSR count). The second-order valence-corrected chi connectivity index (χ2v) is 5.64. The van der Waals surface area contributed by atoms with Crippen molar-refractivity contribution >= 4 is 5.91 Å². The number of amides is 1. The molecule has 0 bridgehead atoms. The number of benzene rings is 1. The number of hydrogen-bond acceptors (Lipinski definition) is 3. The van der Waals surface area contributed by atoms with Crippen molar-refractivity contribution in [3.05, 3.63) is 54.4 Å². The molecule has 3 aromatic rings. The lowest BCUT2D eigenvalue weighted by Gasteiger charge is -2.07. The van der Waals surface area contributed by atoms with Gasteiger partial charge in [-0.3, -0.25) is 14.0 Å². The summed E-state index contributed by atoms with van der Waals surface area (Å²) in [4.78, 5) is 15.1. The van der Waals surface area contributed by atoms with Crippen LogP contribution in [0.25, 0.3) is 17.1 Å². The lowest BCUT2D eigenvalue weighted by Crippen LogP contribution is -2.11. The average Bonchev–Trinajstić information content (AvgIpc) is 3.15. The molecule has 0 saturated heterocycles. The lowest BCUT2D eigenvalue weighted by atomic mass is 10.1. The molecule has 2 aromatic heterocycles. The number of rotatable bonds is 6. The number of primary amides is 1. The maximum absolute atomic E-state index is 14.2. The van der Waals surface area contributed by atoms with E-state index in [2.05, 4.69) is 10.1 Å². The number of aryl methyl sites for hydroxylation is 2. The van der Waals surface area contributed by atoms with E-state index in [9.17, 15) is 9.18 Å². The zero-order valence-electron chi connectivity index (χ0n) is 13.3. The minimum absolute atomic E-state index is 0.309. The minimum atomic E-state index is -0.325. The first-order valence-electron chi connectivity index (χ1n) is 7.65. The predicted molar refractivity (Wildman–Crippen MR) is 87.9 cm³/mol. The lowest BCUT2D eigenvalue weighted by molar-refractivity contribution is -0.118. The van der Waals surface area contributed by atoms with Gasteiger partial charge in [-0.05, 0) is 31.0 Å². The van der Waals surface area contributed by atoms with E-state index >= 15 is 0 Å². The Kier molecular flexibility index (Phi) is 4.41. The zero-order valence-corrected chi connectivity index (χ0v) is 13.3. The van der Waals surface area contributed by atoms with Gasteiger partial charge in [-0.15, -0.1) is 0 Å². The Balaban J connectivity index is 1.85. The normalized spacial score (nSPS) is 10.9. The zero-order chi connectivity index (χ0) is 17.1. The van der Waals surface area contributed by atoms with Crippen LogP contribution in [0.15, 0.2) is 43.0 Å². The Bertz CT molecular complexity index is 868. The van der Waals surface area contributed by atoms with Crippen molar-refractivity contribution < 1.29 is 9.18 Å². The van der Waals surface area contributed by atoms with E-state index in [0.717, 1.165) is 11.3 Å². The molecule has 6 nitrogen and oxygen atoms in total. The third-order valence-corrected chi connectivity index (χ3v) is 3.71. The van der Waals surface area contributed by atoms with E-state index in [-0.39, 0.29) is 11.7 Å². The summed E-state index contributed by atoms with van der Waals surface area (Å²) in [5.41, 5.74) is 7.21. The van der Waals surface area contributed by atoms with Gasteiger partial charge in [0, 0.05) is 31.6 Å². The number of carbonyl (C=O) groups excluding carboxylic acids is 1. The van der Waals surface area contributed by atoms with Gasteiger partial charge in [0.1, 0.15) is 11.6 Å². The maximum Gasteiger partial charge on any atom is 0.217 e. The highest BCUT2D eigenvalue weighted by Crippen LogP contribution is 2.24. The number of hydrogen-bond donors (Lipinski definition) is 1. The van der Waals surface area contributed by atoms with Gasteiger partial charge in [0.05, 0.1) is 17.4 Å². The number of imidazole rings is 1. The van der Waals surface area contributed by atoms with Crippen LogP contribution in [0.5, 0.6) is 0 Å². The molecular weight excluding hydrogens is 309 g/mol. The average molecular weight is 327 g/mol. The van der Waals surface area contributed by atoms with Crippen LogP contribution in [0.2, 0.25) is 0 Å². The third kappa shape index (κ3) is 3.34. The van der Waals surface area contributed by atoms with Crippen LogP contribution in [-0.2, 0) is 11.3 Å². The van der Waals surface area contributed by atoms with Crippen molar-refractivity contribution in [3.8, 4) is 17.1 Å². The molecule has 0 saturated carbocycles. The molecule has 1 aromatic carbocycles. The molecule has 0 spiro atoms. The van der Waals surface area contributed by atoms with Gasteiger partial charge in [-0.25, -0.2) is 9.37 Å². The maximum atomic E-state index is 14.2. The smallest absolute Gasteiger partial charge is 0.217 e. The molecule has 0 aliphatic heterocycles. The molecule has 0 aliphatic carbocycles. The first kappa shape index (κ1) is 15.9. The van der Waals surface area contributed by atoms with Crippen molar-refractivity contribution in [2.45, 2.75) is 26.3 Å². The van der Waals surface area contributed by atoms with Crippen molar-refractivity contribution in [2.24, 2.45) is 5.73 Å². The fourth-order valence-corrected chi connectivity index (χ4v) is 2.53. The number of aromatic nitrogens is 4. The molecule has 2 heterocycles. The van der Waals surface area contributed by atoms with Gasteiger partial charge in [0.15, 0.2) is 0 Å². The van der Waals surface area contributed by atoms with Crippen LogP contribution in [-0.4, -0.2) is 25.2 Å².